The van der Waals surface area contributed by atoms with Crippen LogP contribution in [0.15, 0.2) is 30.3 Å². The third-order valence-electron chi connectivity index (χ3n) is 2.33. The molecule has 0 N–H and O–H groups in total. The summed E-state index contributed by atoms with van der Waals surface area (Å²) in [5.74, 6) is -0.168. The molecule has 0 unspecified atom stereocenters. The van der Waals surface area contributed by atoms with Gasteiger partial charge in [0.15, 0.2) is 0 Å². The van der Waals surface area contributed by atoms with Crippen LogP contribution in [0.2, 0.25) is 0 Å². The van der Waals surface area contributed by atoms with E-state index < -0.39 is 0 Å². The van der Waals surface area contributed by atoms with Crippen LogP contribution in [-0.4, -0.2) is 18.5 Å². The molecule has 1 aliphatic heterocycles. The Kier molecular flexibility index (Phi) is 2.05. The Morgan fingerprint density at radius 3 is 2.85 bits per heavy atom. The van der Waals surface area contributed by atoms with Gasteiger partial charge >= 0.3 is 0 Å². The van der Waals surface area contributed by atoms with Gasteiger partial charge in [0.2, 0.25) is 0 Å². The van der Waals surface area contributed by atoms with E-state index >= 15 is 0 Å². The van der Waals surface area contributed by atoms with Gasteiger partial charge in [-0.2, -0.15) is 0 Å². The summed E-state index contributed by atoms with van der Waals surface area (Å²) in [6, 6.07) is 6.74. The van der Waals surface area contributed by atoms with Gasteiger partial charge in [-0.1, -0.05) is 18.2 Å². The summed E-state index contributed by atoms with van der Waals surface area (Å²) in [6.45, 7) is 1.03. The van der Waals surface area contributed by atoms with Crippen LogP contribution >= 0.6 is 0 Å². The third kappa shape index (κ3) is 1.57. The molecule has 1 nitrogen and oxygen atoms in total. The molecule has 0 spiro atoms. The molecule has 68 valence electrons. The Morgan fingerprint density at radius 2 is 2.23 bits per heavy atom. The van der Waals surface area contributed by atoms with Crippen molar-refractivity contribution >= 4 is 5.70 Å². The highest BCUT2D eigenvalue weighted by atomic mass is 19.1. The fraction of sp³-hybridized carbons (Fsp3) is 0.273. The standard InChI is InChI=1S/C11H12FN/c1-13-7-3-6-11(13)9-4-2-5-10(12)8-9/h2,4-6,8H,3,7H2,1H3. The summed E-state index contributed by atoms with van der Waals surface area (Å²) in [4.78, 5) is 2.15. The maximum atomic E-state index is 12.9. The van der Waals surface area contributed by atoms with Crippen molar-refractivity contribution in [2.24, 2.45) is 0 Å². The highest BCUT2D eigenvalue weighted by Gasteiger charge is 2.12. The van der Waals surface area contributed by atoms with E-state index in [9.17, 15) is 4.39 Å². The lowest BCUT2D eigenvalue weighted by molar-refractivity contribution is 0.516. The van der Waals surface area contributed by atoms with Crippen LogP contribution in [0.3, 0.4) is 0 Å². The molecule has 1 aliphatic rings. The van der Waals surface area contributed by atoms with Crippen molar-refractivity contribution in [1.82, 2.24) is 4.90 Å². The molecule has 1 aromatic carbocycles. The molecule has 0 radical (unpaired) electrons. The molecule has 13 heavy (non-hydrogen) atoms. The van der Waals surface area contributed by atoms with Crippen molar-refractivity contribution in [2.75, 3.05) is 13.6 Å². The lowest BCUT2D eigenvalue weighted by atomic mass is 10.1. The summed E-state index contributed by atoms with van der Waals surface area (Å²) in [7, 11) is 2.03. The van der Waals surface area contributed by atoms with Gasteiger partial charge in [0.25, 0.3) is 0 Å². The van der Waals surface area contributed by atoms with Crippen molar-refractivity contribution in [3.8, 4) is 0 Å². The summed E-state index contributed by atoms with van der Waals surface area (Å²) in [5.41, 5.74) is 2.11. The predicted octanol–water partition coefficient (Wildman–Crippen LogP) is 2.50. The summed E-state index contributed by atoms with van der Waals surface area (Å²) < 4.78 is 12.9. The second kappa shape index (κ2) is 3.21. The molecule has 2 rings (SSSR count). The van der Waals surface area contributed by atoms with Gasteiger partial charge in [-0.05, 0) is 18.6 Å². The lowest BCUT2D eigenvalue weighted by Crippen LogP contribution is -2.11. The van der Waals surface area contributed by atoms with Gasteiger partial charge in [0.1, 0.15) is 5.82 Å². The minimum Gasteiger partial charge on any atom is -0.374 e. The van der Waals surface area contributed by atoms with E-state index in [0.29, 0.717) is 0 Å². The van der Waals surface area contributed by atoms with Crippen LogP contribution in [0.5, 0.6) is 0 Å². The molecule has 0 bridgehead atoms. The first kappa shape index (κ1) is 8.30. The average Bonchev–Trinajstić information content (AvgIpc) is 2.51. The zero-order valence-electron chi connectivity index (χ0n) is 7.63. The number of rotatable bonds is 1. The molecule has 0 aliphatic carbocycles. The van der Waals surface area contributed by atoms with Crippen molar-refractivity contribution in [1.29, 1.82) is 0 Å². The molecule has 0 aromatic heterocycles. The Morgan fingerprint density at radius 1 is 1.38 bits per heavy atom. The normalized spacial score (nSPS) is 16.2. The topological polar surface area (TPSA) is 3.24 Å². The van der Waals surface area contributed by atoms with Crippen LogP contribution in [-0.2, 0) is 0 Å². The average molecular weight is 177 g/mol. The number of hydrogen-bond donors (Lipinski definition) is 0. The van der Waals surface area contributed by atoms with E-state index in [4.69, 9.17) is 0 Å². The van der Waals surface area contributed by atoms with Gasteiger partial charge in [0, 0.05) is 24.9 Å². The van der Waals surface area contributed by atoms with Crippen molar-refractivity contribution in [2.45, 2.75) is 6.42 Å². The number of benzene rings is 1. The molecular weight excluding hydrogens is 165 g/mol. The second-order valence-corrected chi connectivity index (χ2v) is 3.31. The molecular formula is C11H12FN. The van der Waals surface area contributed by atoms with E-state index in [2.05, 4.69) is 11.0 Å². The lowest BCUT2D eigenvalue weighted by Gasteiger charge is -2.15. The van der Waals surface area contributed by atoms with E-state index in [1.54, 1.807) is 12.1 Å². The monoisotopic (exact) mass is 177 g/mol. The molecule has 0 saturated carbocycles. The Labute approximate surface area is 77.5 Å². The fourth-order valence-electron chi connectivity index (χ4n) is 1.66. The van der Waals surface area contributed by atoms with Crippen LogP contribution in [0, 0.1) is 5.82 Å². The molecule has 0 saturated heterocycles. The minimum atomic E-state index is -0.168. The Balaban J connectivity index is 2.35. The minimum absolute atomic E-state index is 0.168. The quantitative estimate of drug-likeness (QED) is 0.637. The van der Waals surface area contributed by atoms with Crippen LogP contribution in [0.25, 0.3) is 5.70 Å². The molecule has 0 amide bonds. The van der Waals surface area contributed by atoms with Crippen molar-refractivity contribution in [3.05, 3.63) is 41.7 Å². The first-order chi connectivity index (χ1) is 6.27. The molecule has 1 heterocycles. The van der Waals surface area contributed by atoms with Gasteiger partial charge in [-0.3, -0.25) is 0 Å². The van der Waals surface area contributed by atoms with E-state index in [1.165, 1.54) is 6.07 Å². The highest BCUT2D eigenvalue weighted by Crippen LogP contribution is 2.23. The number of nitrogens with zero attached hydrogens (tertiary/aromatic N) is 1. The van der Waals surface area contributed by atoms with Crippen molar-refractivity contribution in [3.63, 3.8) is 0 Å². The number of hydrogen-bond acceptors (Lipinski definition) is 1. The van der Waals surface area contributed by atoms with Gasteiger partial charge < -0.3 is 4.90 Å². The summed E-state index contributed by atoms with van der Waals surface area (Å²) >= 11 is 0. The SMILES string of the molecule is CN1CCC=C1c1cccc(F)c1. The largest absolute Gasteiger partial charge is 0.374 e. The Hall–Kier alpha value is -1.31. The maximum absolute atomic E-state index is 12.9. The first-order valence-corrected chi connectivity index (χ1v) is 4.44. The highest BCUT2D eigenvalue weighted by molar-refractivity contribution is 5.65. The third-order valence-corrected chi connectivity index (χ3v) is 2.33. The van der Waals surface area contributed by atoms with E-state index in [1.807, 2.05) is 13.1 Å². The van der Waals surface area contributed by atoms with Crippen molar-refractivity contribution < 1.29 is 4.39 Å². The van der Waals surface area contributed by atoms with Crippen LogP contribution in [0.4, 0.5) is 4.39 Å². The fourth-order valence-corrected chi connectivity index (χ4v) is 1.66. The van der Waals surface area contributed by atoms with Gasteiger partial charge in [-0.25, -0.2) is 4.39 Å². The van der Waals surface area contributed by atoms with Gasteiger partial charge in [-0.15, -0.1) is 0 Å². The smallest absolute Gasteiger partial charge is 0.123 e. The Bertz CT molecular complexity index is 344. The molecule has 0 fully saturated rings. The van der Waals surface area contributed by atoms with Crippen LogP contribution in [0.1, 0.15) is 12.0 Å². The first-order valence-electron chi connectivity index (χ1n) is 4.44. The second-order valence-electron chi connectivity index (χ2n) is 3.31. The number of halogens is 1. The summed E-state index contributed by atoms with van der Waals surface area (Å²) in [5, 5.41) is 0. The molecule has 2 heteroatoms. The van der Waals surface area contributed by atoms with Gasteiger partial charge in [0.05, 0.1) is 0 Å². The van der Waals surface area contributed by atoms with E-state index in [0.717, 1.165) is 24.2 Å². The van der Waals surface area contributed by atoms with Crippen LogP contribution < -0.4 is 0 Å². The van der Waals surface area contributed by atoms with E-state index in [-0.39, 0.29) is 5.82 Å². The molecule has 1 aromatic rings. The zero-order valence-corrected chi connectivity index (χ0v) is 7.63. The molecule has 0 atom stereocenters. The zero-order chi connectivity index (χ0) is 9.26. The maximum Gasteiger partial charge on any atom is 0.123 e. The predicted molar refractivity (Wildman–Crippen MR) is 51.6 cm³/mol. The summed E-state index contributed by atoms with van der Waals surface area (Å²) in [6.07, 6.45) is 3.21.